The van der Waals surface area contributed by atoms with E-state index in [0.29, 0.717) is 10.6 Å². The van der Waals surface area contributed by atoms with Gasteiger partial charge in [0.05, 0.1) is 5.56 Å². The molecule has 1 heterocycles. The molecule has 1 rings (SSSR count). The highest BCUT2D eigenvalue weighted by Crippen LogP contribution is 2.32. The minimum atomic E-state index is -1.01. The molecule has 0 bridgehead atoms. The van der Waals surface area contributed by atoms with Crippen molar-refractivity contribution in [2.45, 2.75) is 46.6 Å². The van der Waals surface area contributed by atoms with Gasteiger partial charge in [-0.15, -0.1) is 11.3 Å². The van der Waals surface area contributed by atoms with Gasteiger partial charge in [-0.25, -0.2) is 9.59 Å². The van der Waals surface area contributed by atoms with Gasteiger partial charge in [-0.2, -0.15) is 0 Å². The lowest BCUT2D eigenvalue weighted by molar-refractivity contribution is 0.0697. The molecule has 2 amide bonds. The fraction of sp³-hybridized carbons (Fsp3) is 0.571. The Morgan fingerprint density at radius 1 is 1.30 bits per heavy atom. The molecule has 2 N–H and O–H groups in total. The number of anilines is 1. The van der Waals surface area contributed by atoms with Crippen LogP contribution in [0.15, 0.2) is 0 Å². The van der Waals surface area contributed by atoms with E-state index in [4.69, 9.17) is 0 Å². The van der Waals surface area contributed by atoms with Gasteiger partial charge in [0.1, 0.15) is 5.00 Å². The minimum absolute atomic E-state index is 0.158. The van der Waals surface area contributed by atoms with E-state index in [1.165, 1.54) is 11.3 Å². The van der Waals surface area contributed by atoms with Crippen molar-refractivity contribution in [3.8, 4) is 0 Å². The SMILES string of the molecule is CCC(CC)N(C)C(=O)Nc1sc(C)c(C)c1C(=O)O. The first-order valence-electron chi connectivity index (χ1n) is 6.70. The lowest BCUT2D eigenvalue weighted by Crippen LogP contribution is -2.39. The lowest BCUT2D eigenvalue weighted by atomic mass is 10.1. The van der Waals surface area contributed by atoms with Crippen molar-refractivity contribution in [3.05, 3.63) is 16.0 Å². The Kier molecular flexibility index (Phi) is 5.56. The van der Waals surface area contributed by atoms with Crippen LogP contribution in [0, 0.1) is 13.8 Å². The summed E-state index contributed by atoms with van der Waals surface area (Å²) in [6, 6.07) is -0.104. The molecular weight excluding hydrogens is 276 g/mol. The maximum absolute atomic E-state index is 12.2. The number of hydrogen-bond donors (Lipinski definition) is 2. The van der Waals surface area contributed by atoms with E-state index in [2.05, 4.69) is 5.32 Å². The first kappa shape index (κ1) is 16.5. The summed E-state index contributed by atoms with van der Waals surface area (Å²) in [6.07, 6.45) is 1.74. The van der Waals surface area contributed by atoms with Gasteiger partial charge in [-0.3, -0.25) is 5.32 Å². The lowest BCUT2D eigenvalue weighted by Gasteiger charge is -2.26. The van der Waals surface area contributed by atoms with E-state index >= 15 is 0 Å². The molecule has 0 saturated carbocycles. The molecule has 0 atom stereocenters. The van der Waals surface area contributed by atoms with Crippen LogP contribution in [0.3, 0.4) is 0 Å². The molecule has 1 aromatic heterocycles. The van der Waals surface area contributed by atoms with Crippen LogP contribution < -0.4 is 5.32 Å². The van der Waals surface area contributed by atoms with E-state index < -0.39 is 5.97 Å². The molecule has 6 heteroatoms. The second-order valence-corrected chi connectivity index (χ2v) is 6.03. The highest BCUT2D eigenvalue weighted by atomic mass is 32.1. The predicted octanol–water partition coefficient (Wildman–Crippen LogP) is 3.72. The molecule has 0 aliphatic heterocycles. The molecule has 0 saturated heterocycles. The van der Waals surface area contributed by atoms with Gasteiger partial charge in [0.25, 0.3) is 0 Å². The van der Waals surface area contributed by atoms with Gasteiger partial charge < -0.3 is 10.0 Å². The number of thiophene rings is 1. The largest absolute Gasteiger partial charge is 0.478 e. The van der Waals surface area contributed by atoms with Crippen molar-refractivity contribution >= 4 is 28.3 Å². The molecule has 0 aliphatic carbocycles. The molecule has 0 radical (unpaired) electrons. The monoisotopic (exact) mass is 298 g/mol. The number of aromatic carboxylic acids is 1. The molecule has 0 fully saturated rings. The fourth-order valence-corrected chi connectivity index (χ4v) is 3.20. The van der Waals surface area contributed by atoms with E-state index in [1.54, 1.807) is 18.9 Å². The Morgan fingerprint density at radius 2 is 1.85 bits per heavy atom. The van der Waals surface area contributed by atoms with Gasteiger partial charge in [-0.05, 0) is 32.3 Å². The highest BCUT2D eigenvalue weighted by molar-refractivity contribution is 7.16. The van der Waals surface area contributed by atoms with Gasteiger partial charge in [0.15, 0.2) is 0 Å². The zero-order valence-corrected chi connectivity index (χ0v) is 13.4. The maximum atomic E-state index is 12.2. The summed E-state index contributed by atoms with van der Waals surface area (Å²) >= 11 is 1.30. The average Bonchev–Trinajstić information content (AvgIpc) is 2.65. The second kappa shape index (κ2) is 6.74. The molecule has 0 aromatic carbocycles. The van der Waals surface area contributed by atoms with Crippen molar-refractivity contribution in [3.63, 3.8) is 0 Å². The Balaban J connectivity index is 2.96. The molecule has 112 valence electrons. The number of hydrogen-bond acceptors (Lipinski definition) is 3. The zero-order chi connectivity index (χ0) is 15.4. The van der Waals surface area contributed by atoms with Crippen LogP contribution in [-0.4, -0.2) is 35.1 Å². The summed E-state index contributed by atoms with van der Waals surface area (Å²) in [4.78, 5) is 26.0. The standard InChI is InChI=1S/C14H22N2O3S/c1-6-10(7-2)16(5)14(19)15-12-11(13(17)18)8(3)9(4)20-12/h10H,6-7H2,1-5H3,(H,15,19)(H,17,18). The van der Waals surface area contributed by atoms with Crippen LogP contribution in [0.2, 0.25) is 0 Å². The summed E-state index contributed by atoms with van der Waals surface area (Å²) in [7, 11) is 1.74. The summed E-state index contributed by atoms with van der Waals surface area (Å²) < 4.78 is 0. The number of rotatable bonds is 5. The topological polar surface area (TPSA) is 69.6 Å². The Morgan fingerprint density at radius 3 is 2.30 bits per heavy atom. The first-order chi connectivity index (χ1) is 9.33. The second-order valence-electron chi connectivity index (χ2n) is 4.80. The molecule has 5 nitrogen and oxygen atoms in total. The van der Waals surface area contributed by atoms with Crippen molar-refractivity contribution in [1.82, 2.24) is 4.90 Å². The van der Waals surface area contributed by atoms with Crippen molar-refractivity contribution < 1.29 is 14.7 Å². The first-order valence-corrected chi connectivity index (χ1v) is 7.52. The number of carboxylic acid groups (broad SMARTS) is 1. The number of nitrogens with one attached hydrogen (secondary N) is 1. The fourth-order valence-electron chi connectivity index (χ4n) is 2.16. The van der Waals surface area contributed by atoms with Gasteiger partial charge >= 0.3 is 12.0 Å². The van der Waals surface area contributed by atoms with E-state index in [-0.39, 0.29) is 17.6 Å². The summed E-state index contributed by atoms with van der Waals surface area (Å²) in [5.41, 5.74) is 0.904. The van der Waals surface area contributed by atoms with E-state index in [0.717, 1.165) is 17.7 Å². The van der Waals surface area contributed by atoms with Crippen LogP contribution in [0.25, 0.3) is 0 Å². The summed E-state index contributed by atoms with van der Waals surface area (Å²) in [5, 5.41) is 12.4. The van der Waals surface area contributed by atoms with Crippen LogP contribution in [0.5, 0.6) is 0 Å². The molecule has 20 heavy (non-hydrogen) atoms. The Labute approximate surface area is 123 Å². The molecule has 1 aromatic rings. The number of amides is 2. The molecule has 0 spiro atoms. The van der Waals surface area contributed by atoms with E-state index in [9.17, 15) is 14.7 Å². The van der Waals surface area contributed by atoms with Crippen molar-refractivity contribution in [1.29, 1.82) is 0 Å². The Hall–Kier alpha value is -1.56. The van der Waals surface area contributed by atoms with Crippen molar-refractivity contribution in [2.75, 3.05) is 12.4 Å². The average molecular weight is 298 g/mol. The number of nitrogens with zero attached hydrogens (tertiary/aromatic N) is 1. The quantitative estimate of drug-likeness (QED) is 0.870. The molecule has 0 aliphatic rings. The summed E-state index contributed by atoms with van der Waals surface area (Å²) in [5.74, 6) is -1.01. The Bertz CT molecular complexity index is 507. The number of carbonyl (C=O) groups is 2. The predicted molar refractivity (Wildman–Crippen MR) is 81.9 cm³/mol. The van der Waals surface area contributed by atoms with E-state index in [1.807, 2.05) is 20.8 Å². The van der Waals surface area contributed by atoms with Crippen LogP contribution in [-0.2, 0) is 0 Å². The van der Waals surface area contributed by atoms with Gasteiger partial charge in [0.2, 0.25) is 0 Å². The van der Waals surface area contributed by atoms with Crippen LogP contribution in [0.1, 0.15) is 47.5 Å². The maximum Gasteiger partial charge on any atom is 0.338 e. The molecular formula is C14H22N2O3S. The highest BCUT2D eigenvalue weighted by Gasteiger charge is 2.23. The smallest absolute Gasteiger partial charge is 0.338 e. The third-order valence-corrected chi connectivity index (χ3v) is 4.75. The van der Waals surface area contributed by atoms with Gasteiger partial charge in [-0.1, -0.05) is 13.8 Å². The number of carbonyl (C=O) groups excluding carboxylic acids is 1. The number of urea groups is 1. The normalized spacial score (nSPS) is 10.7. The summed E-state index contributed by atoms with van der Waals surface area (Å²) in [6.45, 7) is 7.67. The van der Waals surface area contributed by atoms with Crippen LogP contribution in [0.4, 0.5) is 9.80 Å². The number of carboxylic acids is 1. The minimum Gasteiger partial charge on any atom is -0.478 e. The third-order valence-electron chi connectivity index (χ3n) is 3.63. The third kappa shape index (κ3) is 3.30. The van der Waals surface area contributed by atoms with Crippen molar-refractivity contribution in [2.24, 2.45) is 0 Å². The molecule has 0 unspecified atom stereocenters. The van der Waals surface area contributed by atoms with Crippen LogP contribution >= 0.6 is 11.3 Å². The number of aryl methyl sites for hydroxylation is 1. The zero-order valence-electron chi connectivity index (χ0n) is 12.6. The van der Waals surface area contributed by atoms with Gasteiger partial charge in [0, 0.05) is 18.0 Å².